The lowest BCUT2D eigenvalue weighted by atomic mass is 9.98. The number of fused-ring (bicyclic) bond motifs is 1. The van der Waals surface area contributed by atoms with Crippen LogP contribution in [0.2, 0.25) is 0 Å². The number of rotatable bonds is 8. The van der Waals surface area contributed by atoms with Crippen LogP contribution in [0.1, 0.15) is 33.2 Å². The van der Waals surface area contributed by atoms with Crippen molar-refractivity contribution in [2.24, 2.45) is 0 Å². The van der Waals surface area contributed by atoms with Gasteiger partial charge in [-0.05, 0) is 54.4 Å². The van der Waals surface area contributed by atoms with Gasteiger partial charge in [-0.15, -0.1) is 0 Å². The molecule has 0 unspecified atom stereocenters. The van der Waals surface area contributed by atoms with Crippen LogP contribution < -0.4 is 19.3 Å². The first kappa shape index (κ1) is 24.2. The van der Waals surface area contributed by atoms with Gasteiger partial charge >= 0.3 is 0 Å². The Morgan fingerprint density at radius 3 is 2.35 bits per heavy atom. The number of benzene rings is 4. The molecule has 5 heteroatoms. The number of aryl methyl sites for hydroxylation is 1. The molecular weight excluding hydrogens is 460 g/mol. The molecule has 1 heterocycles. The SMILES string of the molecule is C=CCOc1ccc([C@H]2N(Cc3ccccc3)c3ccccc3C(=O)N2c2ccc(C)cc2)cc1OC. The molecular formula is C32H30N2O3. The molecule has 1 atom stereocenters. The van der Waals surface area contributed by atoms with Crippen molar-refractivity contribution in [2.45, 2.75) is 19.6 Å². The number of nitrogens with zero attached hydrogens (tertiary/aromatic N) is 2. The summed E-state index contributed by atoms with van der Waals surface area (Å²) >= 11 is 0. The first-order valence-corrected chi connectivity index (χ1v) is 12.3. The van der Waals surface area contributed by atoms with Crippen molar-refractivity contribution in [3.63, 3.8) is 0 Å². The molecule has 0 aliphatic carbocycles. The van der Waals surface area contributed by atoms with E-state index in [1.165, 1.54) is 0 Å². The van der Waals surface area contributed by atoms with Gasteiger partial charge in [0, 0.05) is 12.2 Å². The van der Waals surface area contributed by atoms with E-state index in [1.807, 2.05) is 96.8 Å². The molecule has 1 amide bonds. The zero-order chi connectivity index (χ0) is 25.8. The highest BCUT2D eigenvalue weighted by atomic mass is 16.5. The number of para-hydroxylation sites is 1. The average Bonchev–Trinajstić information content (AvgIpc) is 2.94. The number of carbonyl (C=O) groups is 1. The van der Waals surface area contributed by atoms with Crippen LogP contribution in [0, 0.1) is 6.92 Å². The molecule has 0 saturated carbocycles. The van der Waals surface area contributed by atoms with Gasteiger partial charge < -0.3 is 14.4 Å². The molecule has 1 aliphatic heterocycles. The van der Waals surface area contributed by atoms with Crippen LogP contribution in [0.15, 0.2) is 110 Å². The van der Waals surface area contributed by atoms with Gasteiger partial charge in [0.05, 0.1) is 18.4 Å². The Morgan fingerprint density at radius 1 is 0.892 bits per heavy atom. The number of ether oxygens (including phenoxy) is 2. The second-order valence-electron chi connectivity index (χ2n) is 9.02. The summed E-state index contributed by atoms with van der Waals surface area (Å²) in [4.78, 5) is 18.2. The topological polar surface area (TPSA) is 42.0 Å². The van der Waals surface area contributed by atoms with Crippen molar-refractivity contribution in [3.8, 4) is 11.5 Å². The number of carbonyl (C=O) groups excluding carboxylic acids is 1. The lowest BCUT2D eigenvalue weighted by Crippen LogP contribution is -2.49. The lowest BCUT2D eigenvalue weighted by Gasteiger charge is -2.46. The highest BCUT2D eigenvalue weighted by Gasteiger charge is 2.39. The Balaban J connectivity index is 1.70. The second kappa shape index (κ2) is 10.6. The van der Waals surface area contributed by atoms with Gasteiger partial charge in [-0.25, -0.2) is 0 Å². The van der Waals surface area contributed by atoms with Crippen molar-refractivity contribution < 1.29 is 14.3 Å². The van der Waals surface area contributed by atoms with E-state index in [1.54, 1.807) is 13.2 Å². The monoisotopic (exact) mass is 490 g/mol. The summed E-state index contributed by atoms with van der Waals surface area (Å²) in [6.45, 7) is 6.78. The van der Waals surface area contributed by atoms with E-state index in [0.29, 0.717) is 30.2 Å². The van der Waals surface area contributed by atoms with Crippen LogP contribution in [0.25, 0.3) is 0 Å². The van der Waals surface area contributed by atoms with Crippen molar-refractivity contribution in [2.75, 3.05) is 23.5 Å². The van der Waals surface area contributed by atoms with E-state index in [0.717, 1.165) is 28.1 Å². The fourth-order valence-corrected chi connectivity index (χ4v) is 4.77. The molecule has 4 aromatic rings. The molecule has 0 N–H and O–H groups in total. The molecule has 0 spiro atoms. The van der Waals surface area contributed by atoms with Crippen molar-refractivity contribution >= 4 is 17.3 Å². The number of anilines is 2. The molecule has 0 fully saturated rings. The Bertz CT molecular complexity index is 1400. The molecule has 5 rings (SSSR count). The van der Waals surface area contributed by atoms with Gasteiger partial charge in [0.25, 0.3) is 5.91 Å². The van der Waals surface area contributed by atoms with Crippen LogP contribution in [0.3, 0.4) is 0 Å². The largest absolute Gasteiger partial charge is 0.493 e. The predicted octanol–water partition coefficient (Wildman–Crippen LogP) is 6.93. The maximum atomic E-state index is 14.1. The molecule has 5 nitrogen and oxygen atoms in total. The molecule has 0 radical (unpaired) electrons. The Hall–Kier alpha value is -4.51. The van der Waals surface area contributed by atoms with E-state index < -0.39 is 6.17 Å². The predicted molar refractivity (Wildman–Crippen MR) is 148 cm³/mol. The van der Waals surface area contributed by atoms with Crippen LogP contribution >= 0.6 is 0 Å². The Labute approximate surface area is 218 Å². The quantitative estimate of drug-likeness (QED) is 0.251. The number of amides is 1. The van der Waals surface area contributed by atoms with Gasteiger partial charge in [0.15, 0.2) is 11.5 Å². The smallest absolute Gasteiger partial charge is 0.262 e. The van der Waals surface area contributed by atoms with E-state index >= 15 is 0 Å². The zero-order valence-corrected chi connectivity index (χ0v) is 21.1. The third kappa shape index (κ3) is 4.81. The zero-order valence-electron chi connectivity index (χ0n) is 21.1. The normalized spacial score (nSPS) is 14.8. The first-order chi connectivity index (χ1) is 18.1. The lowest BCUT2D eigenvalue weighted by molar-refractivity contribution is 0.0968. The van der Waals surface area contributed by atoms with E-state index in [2.05, 4.69) is 23.6 Å². The minimum atomic E-state index is -0.410. The molecule has 37 heavy (non-hydrogen) atoms. The number of methoxy groups -OCH3 is 1. The van der Waals surface area contributed by atoms with Crippen LogP contribution in [0.5, 0.6) is 11.5 Å². The summed E-state index contributed by atoms with van der Waals surface area (Å²) in [6.07, 6.45) is 1.29. The summed E-state index contributed by atoms with van der Waals surface area (Å²) in [6, 6.07) is 32.1. The van der Waals surface area contributed by atoms with E-state index in [-0.39, 0.29) is 5.91 Å². The fraction of sp³-hybridized carbons (Fsp3) is 0.156. The highest BCUT2D eigenvalue weighted by Crippen LogP contribution is 2.44. The van der Waals surface area contributed by atoms with Gasteiger partial charge in [0.1, 0.15) is 12.8 Å². The molecule has 4 aromatic carbocycles. The van der Waals surface area contributed by atoms with Crippen molar-refractivity contribution in [3.05, 3.63) is 132 Å². The van der Waals surface area contributed by atoms with E-state index in [4.69, 9.17) is 9.47 Å². The second-order valence-corrected chi connectivity index (χ2v) is 9.02. The van der Waals surface area contributed by atoms with Crippen LogP contribution in [0.4, 0.5) is 11.4 Å². The summed E-state index contributed by atoms with van der Waals surface area (Å²) in [5.41, 5.74) is 5.61. The van der Waals surface area contributed by atoms with Crippen LogP contribution in [-0.2, 0) is 6.54 Å². The van der Waals surface area contributed by atoms with Gasteiger partial charge in [-0.2, -0.15) is 0 Å². The summed E-state index contributed by atoms with van der Waals surface area (Å²) in [7, 11) is 1.63. The average molecular weight is 491 g/mol. The third-order valence-corrected chi connectivity index (χ3v) is 6.55. The number of hydrogen-bond acceptors (Lipinski definition) is 4. The summed E-state index contributed by atoms with van der Waals surface area (Å²) < 4.78 is 11.5. The third-order valence-electron chi connectivity index (χ3n) is 6.55. The van der Waals surface area contributed by atoms with Gasteiger partial charge in [0.2, 0.25) is 0 Å². The summed E-state index contributed by atoms with van der Waals surface area (Å²) in [5, 5.41) is 0. The fourth-order valence-electron chi connectivity index (χ4n) is 4.77. The maximum Gasteiger partial charge on any atom is 0.262 e. The molecule has 186 valence electrons. The molecule has 0 saturated heterocycles. The molecule has 0 bridgehead atoms. The molecule has 1 aliphatic rings. The van der Waals surface area contributed by atoms with Crippen molar-refractivity contribution in [1.29, 1.82) is 0 Å². The number of hydrogen-bond donors (Lipinski definition) is 0. The van der Waals surface area contributed by atoms with Gasteiger partial charge in [-0.3, -0.25) is 9.69 Å². The van der Waals surface area contributed by atoms with Crippen molar-refractivity contribution in [1.82, 2.24) is 0 Å². The van der Waals surface area contributed by atoms with Crippen LogP contribution in [-0.4, -0.2) is 19.6 Å². The maximum absolute atomic E-state index is 14.1. The summed E-state index contributed by atoms with van der Waals surface area (Å²) in [5.74, 6) is 1.19. The minimum absolute atomic E-state index is 0.0419. The minimum Gasteiger partial charge on any atom is -0.493 e. The first-order valence-electron chi connectivity index (χ1n) is 12.3. The Kier molecular flexibility index (Phi) is 6.95. The highest BCUT2D eigenvalue weighted by molar-refractivity contribution is 6.12. The Morgan fingerprint density at radius 2 is 1.62 bits per heavy atom. The molecule has 0 aromatic heterocycles. The van der Waals surface area contributed by atoms with E-state index in [9.17, 15) is 4.79 Å². The van der Waals surface area contributed by atoms with Gasteiger partial charge in [-0.1, -0.05) is 78.9 Å². The standard InChI is InChI=1S/C32H30N2O3/c1-4-20-37-29-19-16-25(21-30(29)36-3)31-33(22-24-10-6-5-7-11-24)28-13-9-8-12-27(28)32(35)34(31)26-17-14-23(2)15-18-26/h4-19,21,31H,1,20,22H2,2-3H3/t31-/m0/s1.